The van der Waals surface area contributed by atoms with Crippen LogP contribution < -0.4 is 10.6 Å². The van der Waals surface area contributed by atoms with Gasteiger partial charge in [0.15, 0.2) is 0 Å². The van der Waals surface area contributed by atoms with E-state index in [0.29, 0.717) is 13.2 Å². The maximum Gasteiger partial charge on any atom is 0.340 e. The van der Waals surface area contributed by atoms with Crippen LogP contribution in [0, 0.1) is 22.7 Å². The summed E-state index contributed by atoms with van der Waals surface area (Å²) in [4.78, 5) is 24.3. The van der Waals surface area contributed by atoms with Crippen LogP contribution in [0.4, 0.5) is 5.69 Å². The molecule has 0 aliphatic carbocycles. The molecule has 7 heteroatoms. The molecule has 1 amide bonds. The number of carbonyl (C=O) groups is 2. The van der Waals surface area contributed by atoms with E-state index in [4.69, 9.17) is 15.3 Å². The van der Waals surface area contributed by atoms with Gasteiger partial charge < -0.3 is 15.4 Å². The minimum absolute atomic E-state index is 0.160. The Morgan fingerprint density at radius 3 is 2.72 bits per heavy atom. The fourth-order valence-electron chi connectivity index (χ4n) is 1.80. The lowest BCUT2D eigenvalue weighted by atomic mass is 10.1. The van der Waals surface area contributed by atoms with Gasteiger partial charge in [0.2, 0.25) is 0 Å². The van der Waals surface area contributed by atoms with Gasteiger partial charge >= 0.3 is 5.97 Å². The highest BCUT2D eigenvalue weighted by Crippen LogP contribution is 2.17. The second-order valence-electron chi connectivity index (χ2n) is 5.02. The maximum atomic E-state index is 12.2. The summed E-state index contributed by atoms with van der Waals surface area (Å²) >= 11 is 0. The number of nitrogens with one attached hydrogen (secondary N) is 2. The number of esters is 1. The van der Waals surface area contributed by atoms with Gasteiger partial charge in [0.25, 0.3) is 5.91 Å². The highest BCUT2D eigenvalue weighted by Gasteiger charge is 2.16. The van der Waals surface area contributed by atoms with Gasteiger partial charge in [-0.1, -0.05) is 25.5 Å². The summed E-state index contributed by atoms with van der Waals surface area (Å²) in [5, 5.41) is 22.8. The number of ether oxygens (including phenoxy) is 1. The molecule has 0 radical (unpaired) electrons. The molecule has 0 aliphatic heterocycles. The van der Waals surface area contributed by atoms with Gasteiger partial charge in [0.1, 0.15) is 11.6 Å². The molecule has 0 saturated carbocycles. The average Bonchev–Trinajstić information content (AvgIpc) is 2.62. The Kier molecular flexibility index (Phi) is 8.88. The van der Waals surface area contributed by atoms with E-state index in [1.54, 1.807) is 30.3 Å². The topological polar surface area (TPSA) is 115 Å². The Hall–Kier alpha value is -3.32. The third kappa shape index (κ3) is 6.76. The predicted molar refractivity (Wildman–Crippen MR) is 92.2 cm³/mol. The van der Waals surface area contributed by atoms with Crippen molar-refractivity contribution in [2.45, 2.75) is 26.2 Å². The molecule has 0 spiro atoms. The van der Waals surface area contributed by atoms with E-state index in [1.165, 1.54) is 6.20 Å². The van der Waals surface area contributed by atoms with Crippen LogP contribution in [0.15, 0.2) is 36.0 Å². The summed E-state index contributed by atoms with van der Waals surface area (Å²) < 4.78 is 5.16. The van der Waals surface area contributed by atoms with Crippen LogP contribution in [0.5, 0.6) is 0 Å². The van der Waals surface area contributed by atoms with E-state index in [1.807, 2.05) is 13.0 Å². The standard InChI is InChI=1S/C18H20N4O3/c1-2-3-11-25-18(24)15-7-4-5-8-16(15)22-17(23)14(12-20)13-21-10-6-9-19/h4-5,7-8,13,21H,2-3,6,10-11H2,1H3,(H,22,23)/b14-13-. The van der Waals surface area contributed by atoms with Crippen LogP contribution in [0.25, 0.3) is 0 Å². The van der Waals surface area contributed by atoms with Gasteiger partial charge in [0.05, 0.1) is 30.3 Å². The lowest BCUT2D eigenvalue weighted by Gasteiger charge is -2.10. The highest BCUT2D eigenvalue weighted by atomic mass is 16.5. The smallest absolute Gasteiger partial charge is 0.340 e. The molecule has 0 aliphatic rings. The first-order chi connectivity index (χ1) is 12.1. The SMILES string of the molecule is CCCCOC(=O)c1ccccc1NC(=O)/C(C#N)=C\NCCC#N. The molecule has 0 bridgehead atoms. The van der Waals surface area contributed by atoms with E-state index < -0.39 is 11.9 Å². The number of hydrogen-bond donors (Lipinski definition) is 2. The van der Waals surface area contributed by atoms with Crippen LogP contribution >= 0.6 is 0 Å². The number of nitrogens with zero attached hydrogens (tertiary/aromatic N) is 2. The Labute approximate surface area is 146 Å². The summed E-state index contributed by atoms with van der Waals surface area (Å²) in [7, 11) is 0. The second-order valence-corrected chi connectivity index (χ2v) is 5.02. The number of benzene rings is 1. The van der Waals surface area contributed by atoms with Crippen molar-refractivity contribution in [2.24, 2.45) is 0 Å². The lowest BCUT2D eigenvalue weighted by Crippen LogP contribution is -2.19. The number of hydrogen-bond acceptors (Lipinski definition) is 6. The molecule has 7 nitrogen and oxygen atoms in total. The molecule has 0 heterocycles. The Morgan fingerprint density at radius 1 is 1.28 bits per heavy atom. The summed E-state index contributed by atoms with van der Waals surface area (Å²) in [6.45, 7) is 2.63. The van der Waals surface area contributed by atoms with Crippen LogP contribution in [0.1, 0.15) is 36.5 Å². The lowest BCUT2D eigenvalue weighted by molar-refractivity contribution is -0.112. The van der Waals surface area contributed by atoms with Crippen molar-refractivity contribution in [2.75, 3.05) is 18.5 Å². The first-order valence-corrected chi connectivity index (χ1v) is 7.92. The Bertz CT molecular complexity index is 714. The fraction of sp³-hybridized carbons (Fsp3) is 0.333. The number of anilines is 1. The molecule has 0 unspecified atom stereocenters. The molecule has 130 valence electrons. The van der Waals surface area contributed by atoms with E-state index in [2.05, 4.69) is 10.6 Å². The van der Waals surface area contributed by atoms with Crippen molar-refractivity contribution in [1.82, 2.24) is 5.32 Å². The van der Waals surface area contributed by atoms with Gasteiger partial charge in [0, 0.05) is 12.7 Å². The molecular formula is C18H20N4O3. The van der Waals surface area contributed by atoms with Crippen molar-refractivity contribution in [3.05, 3.63) is 41.6 Å². The van der Waals surface area contributed by atoms with E-state index in [9.17, 15) is 9.59 Å². The number of carbonyl (C=O) groups excluding carboxylic acids is 2. The van der Waals surface area contributed by atoms with Crippen molar-refractivity contribution in [3.63, 3.8) is 0 Å². The summed E-state index contributed by atoms with van der Waals surface area (Å²) in [5.74, 6) is -1.18. The van der Waals surface area contributed by atoms with Gasteiger partial charge in [-0.15, -0.1) is 0 Å². The molecule has 0 atom stereocenters. The van der Waals surface area contributed by atoms with Gasteiger partial charge in [-0.05, 0) is 18.6 Å². The maximum absolute atomic E-state index is 12.2. The first kappa shape index (κ1) is 19.7. The summed E-state index contributed by atoms with van der Waals surface area (Å²) in [6, 6.07) is 10.2. The molecule has 0 aromatic heterocycles. The molecule has 1 aromatic carbocycles. The quantitative estimate of drug-likeness (QED) is 0.309. The van der Waals surface area contributed by atoms with Crippen molar-refractivity contribution in [1.29, 1.82) is 10.5 Å². The number of rotatable bonds is 9. The van der Waals surface area contributed by atoms with Gasteiger partial charge in [-0.25, -0.2) is 4.79 Å². The number of para-hydroxylation sites is 1. The van der Waals surface area contributed by atoms with Crippen LogP contribution in [0.3, 0.4) is 0 Å². The number of nitriles is 2. The molecule has 0 fully saturated rings. The minimum Gasteiger partial charge on any atom is -0.462 e. The normalized spacial score (nSPS) is 10.3. The molecule has 1 rings (SSSR count). The van der Waals surface area contributed by atoms with Crippen molar-refractivity contribution < 1.29 is 14.3 Å². The molecule has 25 heavy (non-hydrogen) atoms. The minimum atomic E-state index is -0.652. The third-order valence-electron chi connectivity index (χ3n) is 3.12. The van der Waals surface area contributed by atoms with Crippen LogP contribution in [0.2, 0.25) is 0 Å². The van der Waals surface area contributed by atoms with Crippen LogP contribution in [-0.2, 0) is 9.53 Å². The second kappa shape index (κ2) is 11.3. The zero-order valence-electron chi connectivity index (χ0n) is 14.0. The Morgan fingerprint density at radius 2 is 2.04 bits per heavy atom. The zero-order valence-corrected chi connectivity index (χ0v) is 14.0. The molecule has 0 saturated heterocycles. The summed E-state index contributed by atoms with van der Waals surface area (Å²) in [6.07, 6.45) is 3.16. The predicted octanol–water partition coefficient (Wildman–Crippen LogP) is 2.49. The van der Waals surface area contributed by atoms with E-state index in [0.717, 1.165) is 12.8 Å². The van der Waals surface area contributed by atoms with Gasteiger partial charge in [-0.3, -0.25) is 4.79 Å². The summed E-state index contributed by atoms with van der Waals surface area (Å²) in [5.41, 5.74) is 0.334. The van der Waals surface area contributed by atoms with Gasteiger partial charge in [-0.2, -0.15) is 10.5 Å². The third-order valence-corrected chi connectivity index (χ3v) is 3.12. The van der Waals surface area contributed by atoms with E-state index >= 15 is 0 Å². The monoisotopic (exact) mass is 340 g/mol. The molecule has 2 N–H and O–H groups in total. The molecular weight excluding hydrogens is 320 g/mol. The number of amides is 1. The first-order valence-electron chi connectivity index (χ1n) is 7.92. The fourth-order valence-corrected chi connectivity index (χ4v) is 1.80. The molecule has 1 aromatic rings. The average molecular weight is 340 g/mol. The highest BCUT2D eigenvalue weighted by molar-refractivity contribution is 6.09. The van der Waals surface area contributed by atoms with Crippen molar-refractivity contribution in [3.8, 4) is 12.1 Å². The van der Waals surface area contributed by atoms with Crippen LogP contribution in [-0.4, -0.2) is 25.0 Å². The van der Waals surface area contributed by atoms with E-state index in [-0.39, 0.29) is 23.2 Å². The zero-order chi connectivity index (χ0) is 18.5. The van der Waals surface area contributed by atoms with Crippen molar-refractivity contribution >= 4 is 17.6 Å². The Balaban J connectivity index is 2.81. The largest absolute Gasteiger partial charge is 0.462 e. The number of unbranched alkanes of at least 4 members (excludes halogenated alkanes) is 1.